The van der Waals surface area contributed by atoms with Crippen LogP contribution in [0.3, 0.4) is 0 Å². The van der Waals surface area contributed by atoms with Gasteiger partial charge in [0, 0.05) is 23.2 Å². The molecule has 1 fully saturated rings. The molecule has 0 aromatic heterocycles. The first-order valence-corrected chi connectivity index (χ1v) is 7.35. The summed E-state index contributed by atoms with van der Waals surface area (Å²) in [6.45, 7) is 3.53. The maximum Gasteiger partial charge on any atom is 0.328 e. The maximum atomic E-state index is 12.2. The Hall–Kier alpha value is -1.26. The van der Waals surface area contributed by atoms with Gasteiger partial charge < -0.3 is 14.8 Å². The third-order valence-corrected chi connectivity index (χ3v) is 3.59. The molecular weight excluding hydrogens is 278 g/mol. The minimum atomic E-state index is -0.395. The number of hydrogen-bond acceptors (Lipinski definition) is 4. The molecule has 0 saturated carbocycles. The predicted octanol–water partition coefficient (Wildman–Crippen LogP) is 3.11. The molecule has 5 heteroatoms. The molecule has 0 radical (unpaired) electrons. The van der Waals surface area contributed by atoms with Gasteiger partial charge in [-0.3, -0.25) is 0 Å². The van der Waals surface area contributed by atoms with Crippen molar-refractivity contribution in [1.29, 1.82) is 0 Å². The van der Waals surface area contributed by atoms with Crippen LogP contribution < -0.4 is 5.32 Å². The van der Waals surface area contributed by atoms with Crippen molar-refractivity contribution in [2.75, 3.05) is 25.1 Å². The van der Waals surface area contributed by atoms with Gasteiger partial charge in [0.05, 0.1) is 13.2 Å². The van der Waals surface area contributed by atoms with E-state index in [2.05, 4.69) is 5.32 Å². The third kappa shape index (κ3) is 4.12. The van der Waals surface area contributed by atoms with Crippen LogP contribution in [0.2, 0.25) is 5.02 Å². The molecule has 110 valence electrons. The van der Waals surface area contributed by atoms with Gasteiger partial charge in [0.2, 0.25) is 0 Å². The lowest BCUT2D eigenvalue weighted by Crippen LogP contribution is -2.42. The minimum absolute atomic E-state index is 0.127. The SMILES string of the molecule is CCOC(=O)C(Nc1cccc(Cl)c1)C1CCCOC1. The summed E-state index contributed by atoms with van der Waals surface area (Å²) in [7, 11) is 0. The topological polar surface area (TPSA) is 47.6 Å². The molecule has 1 aliphatic heterocycles. The summed E-state index contributed by atoms with van der Waals surface area (Å²) < 4.78 is 10.6. The molecule has 0 spiro atoms. The van der Waals surface area contributed by atoms with Crippen LogP contribution in [0.5, 0.6) is 0 Å². The molecule has 20 heavy (non-hydrogen) atoms. The first-order valence-electron chi connectivity index (χ1n) is 6.97. The Morgan fingerprint density at radius 1 is 1.60 bits per heavy atom. The number of nitrogens with one attached hydrogen (secondary N) is 1. The largest absolute Gasteiger partial charge is 0.464 e. The lowest BCUT2D eigenvalue weighted by atomic mass is 9.93. The van der Waals surface area contributed by atoms with E-state index in [4.69, 9.17) is 21.1 Å². The highest BCUT2D eigenvalue weighted by molar-refractivity contribution is 6.30. The third-order valence-electron chi connectivity index (χ3n) is 3.35. The fourth-order valence-electron chi connectivity index (χ4n) is 2.39. The Morgan fingerprint density at radius 3 is 3.10 bits per heavy atom. The van der Waals surface area contributed by atoms with Gasteiger partial charge in [-0.15, -0.1) is 0 Å². The monoisotopic (exact) mass is 297 g/mol. The molecule has 1 aromatic carbocycles. The Morgan fingerprint density at radius 2 is 2.45 bits per heavy atom. The fourth-order valence-corrected chi connectivity index (χ4v) is 2.58. The second-order valence-corrected chi connectivity index (χ2v) is 5.30. The van der Waals surface area contributed by atoms with Gasteiger partial charge in [0.1, 0.15) is 6.04 Å². The highest BCUT2D eigenvalue weighted by Gasteiger charge is 2.31. The second kappa shape index (κ2) is 7.50. The number of esters is 1. The van der Waals surface area contributed by atoms with Gasteiger partial charge in [-0.25, -0.2) is 4.79 Å². The molecule has 1 heterocycles. The second-order valence-electron chi connectivity index (χ2n) is 4.86. The Bertz CT molecular complexity index is 446. The number of anilines is 1. The molecule has 4 nitrogen and oxygen atoms in total. The van der Waals surface area contributed by atoms with Crippen LogP contribution in [0.4, 0.5) is 5.69 Å². The molecule has 1 N–H and O–H groups in total. The highest BCUT2D eigenvalue weighted by Crippen LogP contribution is 2.23. The quantitative estimate of drug-likeness (QED) is 0.848. The van der Waals surface area contributed by atoms with Crippen molar-refractivity contribution in [3.05, 3.63) is 29.3 Å². The van der Waals surface area contributed by atoms with Gasteiger partial charge in [-0.2, -0.15) is 0 Å². The van der Waals surface area contributed by atoms with Crippen molar-refractivity contribution >= 4 is 23.3 Å². The van der Waals surface area contributed by atoms with Crippen LogP contribution in [-0.4, -0.2) is 31.8 Å². The average Bonchev–Trinajstić information content (AvgIpc) is 2.46. The number of carbonyl (C=O) groups is 1. The Kier molecular flexibility index (Phi) is 5.68. The van der Waals surface area contributed by atoms with Crippen molar-refractivity contribution in [2.24, 2.45) is 5.92 Å². The van der Waals surface area contributed by atoms with E-state index in [1.165, 1.54) is 0 Å². The lowest BCUT2D eigenvalue weighted by molar-refractivity contribution is -0.146. The van der Waals surface area contributed by atoms with Crippen LogP contribution in [0.25, 0.3) is 0 Å². The van der Waals surface area contributed by atoms with Gasteiger partial charge in [-0.1, -0.05) is 17.7 Å². The molecule has 2 unspecified atom stereocenters. The van der Waals surface area contributed by atoms with E-state index in [1.54, 1.807) is 12.1 Å². The summed E-state index contributed by atoms with van der Waals surface area (Å²) >= 11 is 5.97. The number of benzene rings is 1. The van der Waals surface area contributed by atoms with Crippen molar-refractivity contribution in [3.8, 4) is 0 Å². The van der Waals surface area contributed by atoms with E-state index in [9.17, 15) is 4.79 Å². The smallest absolute Gasteiger partial charge is 0.328 e. The van der Waals surface area contributed by atoms with Crippen LogP contribution in [0.1, 0.15) is 19.8 Å². The maximum absolute atomic E-state index is 12.2. The molecular formula is C15H20ClNO3. The zero-order valence-electron chi connectivity index (χ0n) is 11.6. The summed E-state index contributed by atoms with van der Waals surface area (Å²) in [5, 5.41) is 3.87. The number of rotatable bonds is 5. The van der Waals surface area contributed by atoms with E-state index in [0.29, 0.717) is 18.2 Å². The Labute approximate surface area is 124 Å². The number of ether oxygens (including phenoxy) is 2. The molecule has 0 bridgehead atoms. The molecule has 2 atom stereocenters. The predicted molar refractivity (Wildman–Crippen MR) is 79.0 cm³/mol. The van der Waals surface area contributed by atoms with Gasteiger partial charge in [-0.05, 0) is 38.0 Å². The lowest BCUT2D eigenvalue weighted by Gasteiger charge is -2.30. The van der Waals surface area contributed by atoms with Gasteiger partial charge in [0.15, 0.2) is 0 Å². The highest BCUT2D eigenvalue weighted by atomic mass is 35.5. The molecule has 1 saturated heterocycles. The average molecular weight is 298 g/mol. The van der Waals surface area contributed by atoms with Crippen molar-refractivity contribution in [1.82, 2.24) is 0 Å². The van der Waals surface area contributed by atoms with Gasteiger partial charge in [0.25, 0.3) is 0 Å². The van der Waals surface area contributed by atoms with Crippen molar-refractivity contribution in [2.45, 2.75) is 25.8 Å². The van der Waals surface area contributed by atoms with E-state index < -0.39 is 6.04 Å². The molecule has 0 amide bonds. The summed E-state index contributed by atoms with van der Waals surface area (Å²) in [6, 6.07) is 6.95. The summed E-state index contributed by atoms with van der Waals surface area (Å²) in [4.78, 5) is 12.2. The first-order chi connectivity index (χ1) is 9.70. The molecule has 0 aliphatic carbocycles. The fraction of sp³-hybridized carbons (Fsp3) is 0.533. The first kappa shape index (κ1) is 15.1. The normalized spacial score (nSPS) is 20.2. The van der Waals surface area contributed by atoms with E-state index in [-0.39, 0.29) is 11.9 Å². The number of hydrogen-bond donors (Lipinski definition) is 1. The molecule has 2 rings (SSSR count). The number of carbonyl (C=O) groups excluding carboxylic acids is 1. The molecule has 1 aromatic rings. The van der Waals surface area contributed by atoms with Crippen LogP contribution in [0, 0.1) is 5.92 Å². The van der Waals surface area contributed by atoms with Crippen LogP contribution >= 0.6 is 11.6 Å². The summed E-state index contributed by atoms with van der Waals surface area (Å²) in [5.74, 6) is -0.107. The van der Waals surface area contributed by atoms with Crippen LogP contribution in [0.15, 0.2) is 24.3 Å². The minimum Gasteiger partial charge on any atom is -0.464 e. The zero-order chi connectivity index (χ0) is 14.4. The zero-order valence-corrected chi connectivity index (χ0v) is 12.4. The van der Waals surface area contributed by atoms with E-state index >= 15 is 0 Å². The van der Waals surface area contributed by atoms with E-state index in [1.807, 2.05) is 19.1 Å². The standard InChI is InChI=1S/C15H20ClNO3/c1-2-20-15(18)14(11-5-4-8-19-10-11)17-13-7-3-6-12(16)9-13/h3,6-7,9,11,14,17H,2,4-5,8,10H2,1H3. The Balaban J connectivity index is 2.10. The van der Waals surface area contributed by atoms with Crippen molar-refractivity contribution in [3.63, 3.8) is 0 Å². The summed E-state index contributed by atoms with van der Waals surface area (Å²) in [5.41, 5.74) is 0.820. The summed E-state index contributed by atoms with van der Waals surface area (Å²) in [6.07, 6.45) is 1.93. The van der Waals surface area contributed by atoms with Gasteiger partial charge >= 0.3 is 5.97 Å². The molecule has 1 aliphatic rings. The van der Waals surface area contributed by atoms with Crippen molar-refractivity contribution < 1.29 is 14.3 Å². The van der Waals surface area contributed by atoms with E-state index in [0.717, 1.165) is 25.1 Å². The number of halogens is 1. The van der Waals surface area contributed by atoms with Crippen LogP contribution in [-0.2, 0) is 14.3 Å².